The number of thiazole rings is 1. The Bertz CT molecular complexity index is 558. The molecule has 1 aromatic rings. The molecule has 3 rings (SSSR count). The highest BCUT2D eigenvalue weighted by Crippen LogP contribution is 2.35. The van der Waals surface area contributed by atoms with Crippen LogP contribution in [-0.2, 0) is 4.79 Å². The zero-order valence-electron chi connectivity index (χ0n) is 13.4. The van der Waals surface area contributed by atoms with Gasteiger partial charge in [-0.1, -0.05) is 32.1 Å². The van der Waals surface area contributed by atoms with Gasteiger partial charge >= 0.3 is 5.97 Å². The third-order valence-corrected chi connectivity index (χ3v) is 5.71. The molecule has 2 aliphatic rings. The van der Waals surface area contributed by atoms with Crippen LogP contribution in [-0.4, -0.2) is 34.7 Å². The Morgan fingerprint density at radius 1 is 1.48 bits per heavy atom. The summed E-state index contributed by atoms with van der Waals surface area (Å²) < 4.78 is 0. The second-order valence-corrected chi connectivity index (χ2v) is 7.65. The van der Waals surface area contributed by atoms with E-state index in [1.54, 1.807) is 17.4 Å². The van der Waals surface area contributed by atoms with Crippen LogP contribution in [0.3, 0.4) is 0 Å². The van der Waals surface area contributed by atoms with E-state index in [4.69, 9.17) is 5.11 Å². The molecule has 2 fully saturated rings. The predicted octanol–water partition coefficient (Wildman–Crippen LogP) is 3.36. The molecule has 1 aromatic heterocycles. The average Bonchev–Trinajstić information content (AvgIpc) is 3.16. The van der Waals surface area contributed by atoms with Gasteiger partial charge in [-0.3, -0.25) is 0 Å². The monoisotopic (exact) mass is 335 g/mol. The Morgan fingerprint density at radius 2 is 2.30 bits per heavy atom. The lowest BCUT2D eigenvalue weighted by atomic mass is 9.79. The van der Waals surface area contributed by atoms with E-state index in [2.05, 4.69) is 15.6 Å². The maximum atomic E-state index is 10.6. The molecule has 0 unspecified atom stereocenters. The molecule has 0 radical (unpaired) electrons. The van der Waals surface area contributed by atoms with Crippen molar-refractivity contribution in [1.29, 1.82) is 0 Å². The number of anilines is 1. The normalized spacial score (nSPS) is 25.9. The molecular weight excluding hydrogens is 310 g/mol. The quantitative estimate of drug-likeness (QED) is 0.695. The molecule has 1 saturated carbocycles. The SMILES string of the molecule is O=C(O)/C=C/c1csc(N[C@]2(CC3CCCCC3)CCNC2)n1. The lowest BCUT2D eigenvalue weighted by Crippen LogP contribution is -2.42. The van der Waals surface area contributed by atoms with Crippen molar-refractivity contribution in [2.75, 3.05) is 18.4 Å². The van der Waals surface area contributed by atoms with Gasteiger partial charge in [0, 0.05) is 18.0 Å². The molecule has 1 aliphatic heterocycles. The van der Waals surface area contributed by atoms with E-state index in [1.165, 1.54) is 38.5 Å². The van der Waals surface area contributed by atoms with Crippen LogP contribution >= 0.6 is 11.3 Å². The minimum absolute atomic E-state index is 0.105. The van der Waals surface area contributed by atoms with Gasteiger partial charge in [0.25, 0.3) is 0 Å². The minimum Gasteiger partial charge on any atom is -0.478 e. The van der Waals surface area contributed by atoms with Crippen molar-refractivity contribution >= 4 is 28.5 Å². The molecule has 1 atom stereocenters. The largest absolute Gasteiger partial charge is 0.478 e. The molecule has 5 nitrogen and oxygen atoms in total. The minimum atomic E-state index is -0.943. The number of aromatic nitrogens is 1. The van der Waals surface area contributed by atoms with Crippen molar-refractivity contribution in [3.63, 3.8) is 0 Å². The number of aliphatic carboxylic acids is 1. The fourth-order valence-corrected chi connectivity index (χ4v) is 4.62. The standard InChI is InChI=1S/C17H25N3O2S/c21-15(22)7-6-14-11-23-16(19-14)20-17(8-9-18-12-17)10-13-4-2-1-3-5-13/h6-7,11,13,18H,1-5,8-10,12H2,(H,19,20)(H,21,22)/b7-6+/t17-/m0/s1. The zero-order chi connectivity index (χ0) is 16.1. The Balaban J connectivity index is 1.65. The lowest BCUT2D eigenvalue weighted by Gasteiger charge is -2.35. The first-order chi connectivity index (χ1) is 11.2. The molecule has 126 valence electrons. The second kappa shape index (κ2) is 7.45. The van der Waals surface area contributed by atoms with Crippen LogP contribution < -0.4 is 10.6 Å². The number of carbonyl (C=O) groups is 1. The Labute approximate surface area is 141 Å². The topological polar surface area (TPSA) is 74.2 Å². The molecule has 6 heteroatoms. The first-order valence-corrected chi connectivity index (χ1v) is 9.39. The molecule has 1 saturated heterocycles. The van der Waals surface area contributed by atoms with Crippen LogP contribution in [0.1, 0.15) is 50.6 Å². The number of carboxylic acid groups (broad SMARTS) is 1. The molecule has 2 heterocycles. The van der Waals surface area contributed by atoms with Gasteiger partial charge < -0.3 is 15.7 Å². The summed E-state index contributed by atoms with van der Waals surface area (Å²) in [6.07, 6.45) is 11.9. The van der Waals surface area contributed by atoms with Crippen molar-refractivity contribution in [3.8, 4) is 0 Å². The fourth-order valence-electron chi connectivity index (χ4n) is 3.82. The summed E-state index contributed by atoms with van der Waals surface area (Å²) in [6.45, 7) is 2.04. The summed E-state index contributed by atoms with van der Waals surface area (Å²) in [6, 6.07) is 0. The van der Waals surface area contributed by atoms with Gasteiger partial charge in [-0.05, 0) is 31.4 Å². The molecule has 0 aromatic carbocycles. The third-order valence-electron chi connectivity index (χ3n) is 4.94. The first kappa shape index (κ1) is 16.5. The molecule has 3 N–H and O–H groups in total. The molecule has 23 heavy (non-hydrogen) atoms. The van der Waals surface area contributed by atoms with Crippen LogP contribution in [0.2, 0.25) is 0 Å². The van der Waals surface area contributed by atoms with Gasteiger partial charge in [0.05, 0.1) is 11.2 Å². The maximum absolute atomic E-state index is 10.6. The van der Waals surface area contributed by atoms with E-state index < -0.39 is 5.97 Å². The lowest BCUT2D eigenvalue weighted by molar-refractivity contribution is -0.131. The van der Waals surface area contributed by atoms with E-state index in [9.17, 15) is 4.79 Å². The summed E-state index contributed by atoms with van der Waals surface area (Å²) in [5.74, 6) is -0.122. The average molecular weight is 335 g/mol. The predicted molar refractivity (Wildman–Crippen MR) is 93.8 cm³/mol. The van der Waals surface area contributed by atoms with E-state index in [0.29, 0.717) is 5.69 Å². The molecular formula is C17H25N3O2S. The number of carboxylic acids is 1. The molecule has 0 amide bonds. The van der Waals surface area contributed by atoms with Gasteiger partial charge in [0.2, 0.25) is 0 Å². The van der Waals surface area contributed by atoms with E-state index in [-0.39, 0.29) is 5.54 Å². The number of nitrogens with zero attached hydrogens (tertiary/aromatic N) is 1. The Hall–Kier alpha value is -1.40. The Morgan fingerprint density at radius 3 is 3.00 bits per heavy atom. The highest BCUT2D eigenvalue weighted by molar-refractivity contribution is 7.13. The first-order valence-electron chi connectivity index (χ1n) is 8.51. The van der Waals surface area contributed by atoms with Crippen molar-refractivity contribution < 1.29 is 9.90 Å². The van der Waals surface area contributed by atoms with Crippen LogP contribution in [0.15, 0.2) is 11.5 Å². The number of hydrogen-bond acceptors (Lipinski definition) is 5. The summed E-state index contributed by atoms with van der Waals surface area (Å²) >= 11 is 1.55. The van der Waals surface area contributed by atoms with Crippen molar-refractivity contribution in [2.45, 2.75) is 50.5 Å². The van der Waals surface area contributed by atoms with E-state index in [1.807, 2.05) is 5.38 Å². The third kappa shape index (κ3) is 4.54. The summed E-state index contributed by atoms with van der Waals surface area (Å²) in [5.41, 5.74) is 0.812. The highest BCUT2D eigenvalue weighted by atomic mass is 32.1. The molecule has 1 aliphatic carbocycles. The van der Waals surface area contributed by atoms with E-state index in [0.717, 1.165) is 36.6 Å². The van der Waals surface area contributed by atoms with Crippen molar-refractivity contribution in [1.82, 2.24) is 10.3 Å². The van der Waals surface area contributed by atoms with E-state index >= 15 is 0 Å². The van der Waals surface area contributed by atoms with Gasteiger partial charge in [-0.15, -0.1) is 11.3 Å². The van der Waals surface area contributed by atoms with Crippen LogP contribution in [0.5, 0.6) is 0 Å². The number of nitrogens with one attached hydrogen (secondary N) is 2. The number of rotatable bonds is 6. The zero-order valence-corrected chi connectivity index (χ0v) is 14.2. The van der Waals surface area contributed by atoms with Gasteiger partial charge in [0.15, 0.2) is 5.13 Å². The summed E-state index contributed by atoms with van der Waals surface area (Å²) in [5, 5.41) is 18.7. The van der Waals surface area contributed by atoms with Gasteiger partial charge in [0.1, 0.15) is 0 Å². The maximum Gasteiger partial charge on any atom is 0.328 e. The fraction of sp³-hybridized carbons (Fsp3) is 0.647. The van der Waals surface area contributed by atoms with Crippen LogP contribution in [0.25, 0.3) is 6.08 Å². The number of hydrogen-bond donors (Lipinski definition) is 3. The molecule has 0 spiro atoms. The smallest absolute Gasteiger partial charge is 0.328 e. The van der Waals surface area contributed by atoms with Crippen LogP contribution in [0.4, 0.5) is 5.13 Å². The Kier molecular flexibility index (Phi) is 5.33. The van der Waals surface area contributed by atoms with Gasteiger partial charge in [-0.2, -0.15) is 0 Å². The van der Waals surface area contributed by atoms with Crippen molar-refractivity contribution in [2.24, 2.45) is 5.92 Å². The molecule has 0 bridgehead atoms. The second-order valence-electron chi connectivity index (χ2n) is 6.79. The summed E-state index contributed by atoms with van der Waals surface area (Å²) in [7, 11) is 0. The van der Waals surface area contributed by atoms with Crippen molar-refractivity contribution in [3.05, 3.63) is 17.2 Å². The summed E-state index contributed by atoms with van der Waals surface area (Å²) in [4.78, 5) is 15.1. The van der Waals surface area contributed by atoms with Crippen LogP contribution in [0, 0.1) is 5.92 Å². The van der Waals surface area contributed by atoms with Gasteiger partial charge in [-0.25, -0.2) is 9.78 Å². The highest BCUT2D eigenvalue weighted by Gasteiger charge is 2.36.